The van der Waals surface area contributed by atoms with Crippen LogP contribution in [0.5, 0.6) is 17.2 Å². The van der Waals surface area contributed by atoms with Crippen molar-refractivity contribution in [2.24, 2.45) is 5.92 Å². The third-order valence-corrected chi connectivity index (χ3v) is 7.79. The van der Waals surface area contributed by atoms with Crippen molar-refractivity contribution in [1.29, 1.82) is 0 Å². The van der Waals surface area contributed by atoms with E-state index < -0.39 is 0 Å². The molecule has 0 unspecified atom stereocenters. The minimum Gasteiger partial charge on any atom is -0.495 e. The first-order valence-electron chi connectivity index (χ1n) is 14.0. The second-order valence-electron chi connectivity index (χ2n) is 10.2. The Kier molecular flexibility index (Phi) is 8.82. The van der Waals surface area contributed by atoms with Crippen molar-refractivity contribution in [2.75, 3.05) is 56.2 Å². The van der Waals surface area contributed by atoms with Crippen LogP contribution in [0.4, 0.5) is 11.4 Å². The van der Waals surface area contributed by atoms with E-state index in [1.807, 2.05) is 71.6 Å². The Morgan fingerprint density at radius 3 is 2.21 bits per heavy atom. The summed E-state index contributed by atoms with van der Waals surface area (Å²) in [6, 6.07) is 26.0. The lowest BCUT2D eigenvalue weighted by Gasteiger charge is -2.38. The van der Waals surface area contributed by atoms with Crippen molar-refractivity contribution in [3.63, 3.8) is 0 Å². The quantitative estimate of drug-likeness (QED) is 0.340. The first-order chi connectivity index (χ1) is 18.7. The summed E-state index contributed by atoms with van der Waals surface area (Å²) >= 11 is 0. The summed E-state index contributed by atoms with van der Waals surface area (Å²) in [4.78, 5) is 20.8. The fraction of sp³-hybridized carbons (Fsp3) is 0.406. The van der Waals surface area contributed by atoms with E-state index >= 15 is 0 Å². The maximum atomic E-state index is 13.9. The van der Waals surface area contributed by atoms with Gasteiger partial charge in [0.1, 0.15) is 11.5 Å². The van der Waals surface area contributed by atoms with Gasteiger partial charge in [-0.1, -0.05) is 61.7 Å². The van der Waals surface area contributed by atoms with Crippen molar-refractivity contribution in [2.45, 2.75) is 32.1 Å². The summed E-state index contributed by atoms with van der Waals surface area (Å²) in [6.45, 7) is 5.25. The minimum atomic E-state index is 0.0934. The topological polar surface area (TPSA) is 45.2 Å². The van der Waals surface area contributed by atoms with Gasteiger partial charge in [-0.05, 0) is 49.2 Å². The van der Waals surface area contributed by atoms with E-state index in [1.54, 1.807) is 7.11 Å². The summed E-state index contributed by atoms with van der Waals surface area (Å²) in [5.74, 6) is 2.75. The molecular weight excluding hydrogens is 474 g/mol. The Morgan fingerprint density at radius 2 is 1.47 bits per heavy atom. The maximum absolute atomic E-state index is 13.9. The third kappa shape index (κ3) is 6.30. The summed E-state index contributed by atoms with van der Waals surface area (Å²) in [5.41, 5.74) is 2.01. The molecule has 1 aliphatic heterocycles. The van der Waals surface area contributed by atoms with Gasteiger partial charge in [-0.2, -0.15) is 0 Å². The van der Waals surface area contributed by atoms with Crippen LogP contribution in [0.1, 0.15) is 32.1 Å². The molecule has 2 aliphatic rings. The summed E-state index contributed by atoms with van der Waals surface area (Å²) in [6.07, 6.45) is 5.46. The molecule has 0 aromatic heterocycles. The molecule has 6 nitrogen and oxygen atoms in total. The van der Waals surface area contributed by atoms with E-state index in [-0.39, 0.29) is 11.8 Å². The molecule has 38 heavy (non-hydrogen) atoms. The molecule has 1 saturated heterocycles. The van der Waals surface area contributed by atoms with Gasteiger partial charge in [-0.25, -0.2) is 0 Å². The number of hydrogen-bond acceptors (Lipinski definition) is 5. The van der Waals surface area contributed by atoms with Crippen LogP contribution in [0.15, 0.2) is 78.9 Å². The summed E-state index contributed by atoms with van der Waals surface area (Å²) in [5, 5.41) is 0. The molecule has 6 heteroatoms. The van der Waals surface area contributed by atoms with Gasteiger partial charge in [0.2, 0.25) is 5.91 Å². The average Bonchev–Trinajstić information content (AvgIpc) is 2.99. The summed E-state index contributed by atoms with van der Waals surface area (Å²) in [7, 11) is 1.73. The lowest BCUT2D eigenvalue weighted by Crippen LogP contribution is -2.49. The van der Waals surface area contributed by atoms with Gasteiger partial charge >= 0.3 is 0 Å². The molecule has 0 N–H and O–H groups in total. The van der Waals surface area contributed by atoms with E-state index in [0.29, 0.717) is 6.54 Å². The number of para-hydroxylation sites is 5. The van der Waals surface area contributed by atoms with Crippen molar-refractivity contribution in [1.82, 2.24) is 4.90 Å². The highest BCUT2D eigenvalue weighted by atomic mass is 16.5. The SMILES string of the molecule is COc1ccccc1N1CCN(CCN(C(=O)C2CCCCC2)c2ccccc2Oc2ccccc2)CC1. The Morgan fingerprint density at radius 1 is 0.816 bits per heavy atom. The molecule has 200 valence electrons. The lowest BCUT2D eigenvalue weighted by molar-refractivity contribution is -0.123. The molecule has 1 aliphatic carbocycles. The minimum absolute atomic E-state index is 0.0934. The summed E-state index contributed by atoms with van der Waals surface area (Å²) < 4.78 is 11.9. The largest absolute Gasteiger partial charge is 0.495 e. The van der Waals surface area contributed by atoms with E-state index in [2.05, 4.69) is 21.9 Å². The zero-order valence-corrected chi connectivity index (χ0v) is 22.4. The Balaban J connectivity index is 1.29. The van der Waals surface area contributed by atoms with E-state index in [1.165, 1.54) is 6.42 Å². The number of methoxy groups -OCH3 is 1. The van der Waals surface area contributed by atoms with Crippen LogP contribution >= 0.6 is 0 Å². The van der Waals surface area contributed by atoms with Gasteiger partial charge in [0.25, 0.3) is 0 Å². The van der Waals surface area contributed by atoms with Crippen LogP contribution in [0, 0.1) is 5.92 Å². The van der Waals surface area contributed by atoms with E-state index in [0.717, 1.165) is 87.0 Å². The fourth-order valence-electron chi connectivity index (χ4n) is 5.65. The number of hydrogen-bond donors (Lipinski definition) is 0. The molecule has 3 aromatic carbocycles. The van der Waals surface area contributed by atoms with Crippen LogP contribution in [0.25, 0.3) is 0 Å². The number of carbonyl (C=O) groups is 1. The third-order valence-electron chi connectivity index (χ3n) is 7.79. The molecule has 0 bridgehead atoms. The van der Waals surface area contributed by atoms with Crippen LogP contribution in [0.2, 0.25) is 0 Å². The second-order valence-corrected chi connectivity index (χ2v) is 10.2. The number of amides is 1. The number of carbonyl (C=O) groups excluding carboxylic acids is 1. The maximum Gasteiger partial charge on any atom is 0.230 e. The molecule has 5 rings (SSSR count). The van der Waals surface area contributed by atoms with Gasteiger partial charge in [0.05, 0.1) is 18.5 Å². The van der Waals surface area contributed by atoms with Gasteiger partial charge < -0.3 is 19.3 Å². The number of anilines is 2. The first-order valence-corrected chi connectivity index (χ1v) is 14.0. The highest BCUT2D eigenvalue weighted by molar-refractivity contribution is 5.96. The highest BCUT2D eigenvalue weighted by Crippen LogP contribution is 2.35. The predicted molar refractivity (Wildman–Crippen MR) is 154 cm³/mol. The second kappa shape index (κ2) is 12.8. The standard InChI is InChI=1S/C32H39N3O3/c1-37-30-18-10-8-16-28(30)34-23-20-33(21-24-34)22-25-35(32(36)26-12-4-2-5-13-26)29-17-9-11-19-31(29)38-27-14-6-3-7-15-27/h3,6-11,14-19,26H,2,4-5,12-13,20-25H2,1H3. The lowest BCUT2D eigenvalue weighted by atomic mass is 9.88. The highest BCUT2D eigenvalue weighted by Gasteiger charge is 2.29. The smallest absolute Gasteiger partial charge is 0.230 e. The van der Waals surface area contributed by atoms with Crippen molar-refractivity contribution >= 4 is 17.3 Å². The molecule has 0 atom stereocenters. The van der Waals surface area contributed by atoms with Crippen molar-refractivity contribution in [3.05, 3.63) is 78.9 Å². The van der Waals surface area contributed by atoms with Gasteiger partial charge in [0, 0.05) is 45.2 Å². The first kappa shape index (κ1) is 26.1. The zero-order chi connectivity index (χ0) is 26.2. The van der Waals surface area contributed by atoms with Crippen LogP contribution in [-0.2, 0) is 4.79 Å². The van der Waals surface area contributed by atoms with Crippen molar-refractivity contribution < 1.29 is 14.3 Å². The van der Waals surface area contributed by atoms with Gasteiger partial charge in [-0.15, -0.1) is 0 Å². The van der Waals surface area contributed by atoms with Gasteiger partial charge in [-0.3, -0.25) is 9.69 Å². The average molecular weight is 514 g/mol. The Hall–Kier alpha value is -3.51. The van der Waals surface area contributed by atoms with Crippen LogP contribution < -0.4 is 19.3 Å². The molecule has 1 heterocycles. The number of rotatable bonds is 9. The Bertz CT molecular complexity index is 1170. The monoisotopic (exact) mass is 513 g/mol. The molecule has 1 saturated carbocycles. The molecule has 1 amide bonds. The van der Waals surface area contributed by atoms with E-state index in [4.69, 9.17) is 9.47 Å². The molecule has 2 fully saturated rings. The number of ether oxygens (including phenoxy) is 2. The van der Waals surface area contributed by atoms with Crippen molar-refractivity contribution in [3.8, 4) is 17.2 Å². The molecule has 0 spiro atoms. The zero-order valence-electron chi connectivity index (χ0n) is 22.4. The Labute approximate surface area is 226 Å². The molecular formula is C32H39N3O3. The molecule has 3 aromatic rings. The number of piperazine rings is 1. The van der Waals surface area contributed by atoms with Crippen LogP contribution in [-0.4, -0.2) is 57.2 Å². The van der Waals surface area contributed by atoms with Gasteiger partial charge in [0.15, 0.2) is 5.75 Å². The van der Waals surface area contributed by atoms with E-state index in [9.17, 15) is 4.79 Å². The van der Waals surface area contributed by atoms with Crippen LogP contribution in [0.3, 0.4) is 0 Å². The number of benzene rings is 3. The fourth-order valence-corrected chi connectivity index (χ4v) is 5.65. The molecule has 0 radical (unpaired) electrons. The number of nitrogens with zero attached hydrogens (tertiary/aromatic N) is 3. The normalized spacial score (nSPS) is 16.7. The predicted octanol–water partition coefficient (Wildman–Crippen LogP) is 6.22.